The molecule has 13 heavy (non-hydrogen) atoms. The van der Waals surface area contributed by atoms with Crippen molar-refractivity contribution in [3.63, 3.8) is 0 Å². The number of aromatic nitrogens is 1. The molecule has 1 aliphatic rings. The molecule has 0 saturated carbocycles. The highest BCUT2D eigenvalue weighted by Gasteiger charge is 2.16. The largest absolute Gasteiger partial charge is 0.272 e. The summed E-state index contributed by atoms with van der Waals surface area (Å²) in [7, 11) is 0. The minimum Gasteiger partial charge on any atom is -0.272 e. The summed E-state index contributed by atoms with van der Waals surface area (Å²) in [5.41, 5.74) is 1.90. The van der Waals surface area contributed by atoms with E-state index < -0.39 is 0 Å². The van der Waals surface area contributed by atoms with Gasteiger partial charge in [0, 0.05) is 6.20 Å². The van der Waals surface area contributed by atoms with Crippen molar-refractivity contribution in [1.82, 2.24) is 4.98 Å². The summed E-state index contributed by atoms with van der Waals surface area (Å²) >= 11 is 1.45. The Labute approximate surface area is 80.3 Å². The molecule has 3 nitrogen and oxygen atoms in total. The molecule has 4 heteroatoms. The molecule has 2 rings (SSSR count). The molecule has 0 aliphatic carbocycles. The Hall–Kier alpha value is -1.16. The van der Waals surface area contributed by atoms with Crippen molar-refractivity contribution in [1.29, 1.82) is 0 Å². The van der Waals surface area contributed by atoms with E-state index in [1.165, 1.54) is 11.8 Å². The third-order valence-electron chi connectivity index (χ3n) is 1.69. The van der Waals surface area contributed by atoms with Gasteiger partial charge in [0.25, 0.3) is 5.91 Å². The predicted molar refractivity (Wildman–Crippen MR) is 53.0 cm³/mol. The lowest BCUT2D eigenvalue weighted by atomic mass is 10.3. The Bertz CT molecular complexity index is 370. The first-order valence-electron chi connectivity index (χ1n) is 3.93. The van der Waals surface area contributed by atoms with Gasteiger partial charge >= 0.3 is 0 Å². The van der Waals surface area contributed by atoms with E-state index in [1.54, 1.807) is 6.20 Å². The smallest absolute Gasteiger partial charge is 0.257 e. The summed E-state index contributed by atoms with van der Waals surface area (Å²) in [6.07, 6.45) is 1.78. The summed E-state index contributed by atoms with van der Waals surface area (Å²) < 4.78 is 0. The van der Waals surface area contributed by atoms with Crippen LogP contribution in [0.4, 0.5) is 0 Å². The van der Waals surface area contributed by atoms with Gasteiger partial charge in [0.15, 0.2) is 0 Å². The van der Waals surface area contributed by atoms with Gasteiger partial charge in [-0.1, -0.05) is 17.8 Å². The predicted octanol–water partition coefficient (Wildman–Crippen LogP) is 1.41. The lowest BCUT2D eigenvalue weighted by Crippen LogP contribution is -1.95. The molecular formula is C9H8N2OS. The zero-order valence-electron chi connectivity index (χ0n) is 7.15. The highest BCUT2D eigenvalue weighted by molar-refractivity contribution is 8.15. The average molecular weight is 192 g/mol. The summed E-state index contributed by atoms with van der Waals surface area (Å²) in [6, 6.07) is 3.86. The molecule has 0 spiro atoms. The van der Waals surface area contributed by atoms with E-state index in [0.29, 0.717) is 5.75 Å². The number of aryl methyl sites for hydroxylation is 1. The molecule has 2 heterocycles. The Morgan fingerprint density at radius 1 is 1.46 bits per heavy atom. The Morgan fingerprint density at radius 2 is 2.31 bits per heavy atom. The molecule has 66 valence electrons. The molecule has 0 atom stereocenters. The molecule has 0 unspecified atom stereocenters. The second kappa shape index (κ2) is 3.30. The normalized spacial score (nSPS) is 16.1. The van der Waals surface area contributed by atoms with Crippen molar-refractivity contribution in [3.05, 3.63) is 29.6 Å². The first-order chi connectivity index (χ1) is 6.25. The number of nitrogens with zero attached hydrogens (tertiary/aromatic N) is 2. The van der Waals surface area contributed by atoms with Gasteiger partial charge < -0.3 is 0 Å². The van der Waals surface area contributed by atoms with Gasteiger partial charge in [0.05, 0.1) is 11.4 Å². The SMILES string of the molecule is Cc1ccc(C2=NC(=O)CS2)nc1. The molecule has 1 aliphatic heterocycles. The van der Waals surface area contributed by atoms with Crippen LogP contribution in [0.5, 0.6) is 0 Å². The van der Waals surface area contributed by atoms with Crippen molar-refractivity contribution >= 4 is 22.7 Å². The van der Waals surface area contributed by atoms with Gasteiger partial charge in [-0.15, -0.1) is 0 Å². The Morgan fingerprint density at radius 3 is 2.85 bits per heavy atom. The fourth-order valence-corrected chi connectivity index (χ4v) is 1.79. The van der Waals surface area contributed by atoms with Crippen LogP contribution in [0.1, 0.15) is 11.3 Å². The fourth-order valence-electron chi connectivity index (χ4n) is 1.03. The quantitative estimate of drug-likeness (QED) is 0.675. The van der Waals surface area contributed by atoms with Crippen LogP contribution in [-0.4, -0.2) is 21.7 Å². The zero-order valence-corrected chi connectivity index (χ0v) is 7.97. The van der Waals surface area contributed by atoms with Crippen molar-refractivity contribution in [2.24, 2.45) is 4.99 Å². The maximum atomic E-state index is 10.9. The van der Waals surface area contributed by atoms with Crippen LogP contribution >= 0.6 is 11.8 Å². The fraction of sp³-hybridized carbons (Fsp3) is 0.222. The van der Waals surface area contributed by atoms with Gasteiger partial charge in [-0.2, -0.15) is 0 Å². The molecule has 0 bridgehead atoms. The highest BCUT2D eigenvalue weighted by Crippen LogP contribution is 2.18. The molecule has 0 aromatic carbocycles. The number of rotatable bonds is 1. The van der Waals surface area contributed by atoms with Gasteiger partial charge in [-0.3, -0.25) is 9.78 Å². The molecule has 1 aromatic rings. The number of carbonyl (C=O) groups is 1. The number of aliphatic imine (C=N–C) groups is 1. The molecule has 0 N–H and O–H groups in total. The second-order valence-electron chi connectivity index (χ2n) is 2.82. The summed E-state index contributed by atoms with van der Waals surface area (Å²) in [5.74, 6) is 0.382. The average Bonchev–Trinajstić information content (AvgIpc) is 2.53. The number of amides is 1. The lowest BCUT2D eigenvalue weighted by Gasteiger charge is -1.97. The Balaban J connectivity index is 2.31. The van der Waals surface area contributed by atoms with Crippen LogP contribution in [0.2, 0.25) is 0 Å². The maximum Gasteiger partial charge on any atom is 0.257 e. The summed E-state index contributed by atoms with van der Waals surface area (Å²) in [5, 5.41) is 0.741. The van der Waals surface area contributed by atoms with E-state index in [4.69, 9.17) is 0 Å². The first kappa shape index (κ1) is 8.44. The van der Waals surface area contributed by atoms with Crippen LogP contribution in [0, 0.1) is 6.92 Å². The number of thioether (sulfide) groups is 1. The van der Waals surface area contributed by atoms with Gasteiger partial charge in [-0.25, -0.2) is 4.99 Å². The van der Waals surface area contributed by atoms with E-state index >= 15 is 0 Å². The second-order valence-corrected chi connectivity index (χ2v) is 3.78. The molecule has 1 amide bonds. The minimum absolute atomic E-state index is 0.0672. The number of pyridine rings is 1. The topological polar surface area (TPSA) is 42.3 Å². The monoisotopic (exact) mass is 192 g/mol. The van der Waals surface area contributed by atoms with Gasteiger partial charge in [0.1, 0.15) is 5.04 Å². The van der Waals surface area contributed by atoms with Crippen LogP contribution in [-0.2, 0) is 4.79 Å². The first-order valence-corrected chi connectivity index (χ1v) is 4.91. The number of hydrogen-bond donors (Lipinski definition) is 0. The molecule has 1 aromatic heterocycles. The van der Waals surface area contributed by atoms with Crippen molar-refractivity contribution in [2.75, 3.05) is 5.75 Å². The molecule has 0 saturated heterocycles. The van der Waals surface area contributed by atoms with Crippen LogP contribution < -0.4 is 0 Å². The zero-order chi connectivity index (χ0) is 9.26. The van der Waals surface area contributed by atoms with Crippen LogP contribution in [0.15, 0.2) is 23.3 Å². The molecular weight excluding hydrogens is 184 g/mol. The van der Waals surface area contributed by atoms with Crippen LogP contribution in [0.3, 0.4) is 0 Å². The van der Waals surface area contributed by atoms with Crippen molar-refractivity contribution in [2.45, 2.75) is 6.92 Å². The van der Waals surface area contributed by atoms with Crippen molar-refractivity contribution in [3.8, 4) is 0 Å². The van der Waals surface area contributed by atoms with Gasteiger partial charge in [-0.05, 0) is 18.6 Å². The minimum atomic E-state index is -0.0672. The van der Waals surface area contributed by atoms with E-state index in [2.05, 4.69) is 9.98 Å². The van der Waals surface area contributed by atoms with Gasteiger partial charge in [0.2, 0.25) is 0 Å². The number of hydrogen-bond acceptors (Lipinski definition) is 3. The standard InChI is InChI=1S/C9H8N2OS/c1-6-2-3-7(10-4-6)9-11-8(12)5-13-9/h2-4H,5H2,1H3. The third-order valence-corrected chi connectivity index (χ3v) is 2.65. The highest BCUT2D eigenvalue weighted by atomic mass is 32.2. The Kier molecular flexibility index (Phi) is 2.14. The van der Waals surface area contributed by atoms with E-state index in [1.807, 2.05) is 19.1 Å². The summed E-state index contributed by atoms with van der Waals surface area (Å²) in [6.45, 7) is 1.98. The number of carbonyl (C=O) groups excluding carboxylic acids is 1. The van der Waals surface area contributed by atoms with Crippen LogP contribution in [0.25, 0.3) is 0 Å². The maximum absolute atomic E-state index is 10.9. The van der Waals surface area contributed by atoms with Crippen molar-refractivity contribution < 1.29 is 4.79 Å². The molecule has 0 radical (unpaired) electrons. The third kappa shape index (κ3) is 1.78. The van der Waals surface area contributed by atoms with E-state index in [9.17, 15) is 4.79 Å². The summed E-state index contributed by atoms with van der Waals surface area (Å²) in [4.78, 5) is 18.9. The van der Waals surface area contributed by atoms with E-state index in [-0.39, 0.29) is 5.91 Å². The molecule has 0 fully saturated rings. The lowest BCUT2D eigenvalue weighted by molar-refractivity contribution is -0.115. The van der Waals surface area contributed by atoms with E-state index in [0.717, 1.165) is 16.3 Å².